The molecular weight excluding hydrogens is 424 g/mol. The molecule has 0 aromatic carbocycles. The fourth-order valence-electron chi connectivity index (χ4n) is 7.91. The van der Waals surface area contributed by atoms with Crippen molar-refractivity contribution in [3.05, 3.63) is 11.6 Å². The van der Waals surface area contributed by atoms with E-state index < -0.39 is 41.4 Å². The Bertz CT molecular complexity index is 906. The molecule has 1 N–H and O–H groups in total. The number of carbonyl (C=O) groups excluding carboxylic acids is 4. The molecule has 7 nitrogen and oxygen atoms in total. The fourth-order valence-corrected chi connectivity index (χ4v) is 7.91. The van der Waals surface area contributed by atoms with Crippen LogP contribution in [0.5, 0.6) is 0 Å². The lowest BCUT2D eigenvalue weighted by Crippen LogP contribution is -2.63. The van der Waals surface area contributed by atoms with Gasteiger partial charge in [-0.25, -0.2) is 0 Å². The van der Waals surface area contributed by atoms with Crippen molar-refractivity contribution in [3.8, 4) is 0 Å². The first-order chi connectivity index (χ1) is 15.5. The summed E-state index contributed by atoms with van der Waals surface area (Å²) >= 11 is 0. The monoisotopic (exact) mass is 460 g/mol. The summed E-state index contributed by atoms with van der Waals surface area (Å²) in [6.07, 6.45) is 5.55. The smallest absolute Gasteiger partial charge is 0.306 e. The molecule has 4 aliphatic carbocycles. The second kappa shape index (κ2) is 8.33. The van der Waals surface area contributed by atoms with E-state index in [-0.39, 0.29) is 35.4 Å². The third kappa shape index (κ3) is 3.58. The molecule has 4 aliphatic rings. The SMILES string of the molecule is CCC(=O)O[C@]1(C(=O)COC(C)=O)CC[C@@H]2[C@@H]3CCC4=CC(=O)CC[C@]4(C)[C@@H]3[C@@H](O)C[C@@]21C. The molecule has 0 saturated heterocycles. The van der Waals surface area contributed by atoms with Gasteiger partial charge in [0, 0.05) is 25.2 Å². The van der Waals surface area contributed by atoms with E-state index in [0.29, 0.717) is 25.7 Å². The molecule has 0 aromatic heterocycles. The van der Waals surface area contributed by atoms with Gasteiger partial charge < -0.3 is 14.6 Å². The zero-order chi connectivity index (χ0) is 24.2. The molecule has 0 amide bonds. The number of fused-ring (bicyclic) bond motifs is 5. The average Bonchev–Trinajstić information content (AvgIpc) is 3.04. The Labute approximate surface area is 195 Å². The minimum absolute atomic E-state index is 0.00456. The maximum Gasteiger partial charge on any atom is 0.306 e. The second-order valence-electron chi connectivity index (χ2n) is 11.0. The lowest BCUT2D eigenvalue weighted by Gasteiger charge is -2.60. The maximum atomic E-state index is 13.5. The van der Waals surface area contributed by atoms with Crippen molar-refractivity contribution in [1.29, 1.82) is 0 Å². The molecule has 0 radical (unpaired) electrons. The molecule has 4 rings (SSSR count). The number of ether oxygens (including phenoxy) is 2. The van der Waals surface area contributed by atoms with Crippen molar-refractivity contribution in [2.24, 2.45) is 28.6 Å². The molecule has 0 unspecified atom stereocenters. The molecule has 7 heteroatoms. The van der Waals surface area contributed by atoms with Gasteiger partial charge in [-0.05, 0) is 67.8 Å². The van der Waals surface area contributed by atoms with E-state index >= 15 is 0 Å². The normalized spacial score (nSPS) is 41.8. The molecule has 182 valence electrons. The Morgan fingerprint density at radius 2 is 1.88 bits per heavy atom. The van der Waals surface area contributed by atoms with E-state index in [2.05, 4.69) is 6.92 Å². The van der Waals surface area contributed by atoms with Crippen LogP contribution in [0.1, 0.15) is 79.1 Å². The van der Waals surface area contributed by atoms with Gasteiger partial charge in [-0.3, -0.25) is 19.2 Å². The summed E-state index contributed by atoms with van der Waals surface area (Å²) in [5.74, 6) is -0.999. The molecule has 0 aliphatic heterocycles. The summed E-state index contributed by atoms with van der Waals surface area (Å²) in [6.45, 7) is 6.64. The van der Waals surface area contributed by atoms with E-state index in [1.807, 2.05) is 6.92 Å². The number of esters is 2. The van der Waals surface area contributed by atoms with Crippen LogP contribution >= 0.6 is 0 Å². The number of allylic oxidation sites excluding steroid dienone is 1. The molecule has 0 spiro atoms. The van der Waals surface area contributed by atoms with Gasteiger partial charge in [0.15, 0.2) is 18.0 Å². The van der Waals surface area contributed by atoms with Crippen LogP contribution < -0.4 is 0 Å². The molecule has 0 bridgehead atoms. The first kappa shape index (κ1) is 24.1. The average molecular weight is 461 g/mol. The lowest BCUT2D eigenvalue weighted by atomic mass is 9.45. The Morgan fingerprint density at radius 3 is 2.55 bits per heavy atom. The van der Waals surface area contributed by atoms with Crippen molar-refractivity contribution < 1.29 is 33.8 Å². The summed E-state index contributed by atoms with van der Waals surface area (Å²) in [6, 6.07) is 0. The third-order valence-corrected chi connectivity index (χ3v) is 9.45. The minimum Gasteiger partial charge on any atom is -0.458 e. The standard InChI is InChI=1S/C26H36O7/c1-5-22(31)33-26(21(30)14-32-15(2)27)11-9-19-18-7-6-16-12-17(28)8-10-24(16,3)23(18)20(29)13-25(19,26)4/h12,18-20,23,29H,5-11,13-14H2,1-4H3/t18-,19+,20-,23-,24-,25-,26-/m0/s1. The maximum absolute atomic E-state index is 13.5. The highest BCUT2D eigenvalue weighted by molar-refractivity contribution is 5.93. The van der Waals surface area contributed by atoms with E-state index in [4.69, 9.17) is 9.47 Å². The molecule has 3 saturated carbocycles. The quantitative estimate of drug-likeness (QED) is 0.627. The summed E-state index contributed by atoms with van der Waals surface area (Å²) in [4.78, 5) is 49.4. The van der Waals surface area contributed by atoms with Crippen LogP contribution in [0.15, 0.2) is 11.6 Å². The van der Waals surface area contributed by atoms with Gasteiger partial charge in [-0.1, -0.05) is 26.3 Å². The number of hydrogen-bond acceptors (Lipinski definition) is 7. The molecule has 3 fully saturated rings. The predicted molar refractivity (Wildman–Crippen MR) is 119 cm³/mol. The van der Waals surface area contributed by atoms with E-state index in [9.17, 15) is 24.3 Å². The number of aliphatic hydroxyl groups is 1. The second-order valence-corrected chi connectivity index (χ2v) is 11.0. The first-order valence-corrected chi connectivity index (χ1v) is 12.3. The predicted octanol–water partition coefficient (Wildman–Crippen LogP) is 3.31. The van der Waals surface area contributed by atoms with Crippen LogP contribution in [-0.2, 0) is 28.7 Å². The highest BCUT2D eigenvalue weighted by Crippen LogP contribution is 2.68. The van der Waals surface area contributed by atoms with Crippen LogP contribution in [0.25, 0.3) is 0 Å². The molecule has 0 heterocycles. The van der Waals surface area contributed by atoms with Crippen LogP contribution in [-0.4, -0.2) is 46.9 Å². The highest BCUT2D eigenvalue weighted by Gasteiger charge is 2.70. The van der Waals surface area contributed by atoms with Crippen molar-refractivity contribution in [3.63, 3.8) is 0 Å². The summed E-state index contributed by atoms with van der Waals surface area (Å²) in [5.41, 5.74) is -1.25. The number of rotatable bonds is 5. The number of carbonyl (C=O) groups is 4. The van der Waals surface area contributed by atoms with Gasteiger partial charge in [0.25, 0.3) is 0 Å². The largest absolute Gasteiger partial charge is 0.458 e. The van der Waals surface area contributed by atoms with Crippen LogP contribution in [0, 0.1) is 28.6 Å². The van der Waals surface area contributed by atoms with Crippen molar-refractivity contribution in [2.45, 2.75) is 90.8 Å². The van der Waals surface area contributed by atoms with Crippen LogP contribution in [0.4, 0.5) is 0 Å². The Balaban J connectivity index is 1.72. The topological polar surface area (TPSA) is 107 Å². The van der Waals surface area contributed by atoms with E-state index in [1.165, 1.54) is 6.92 Å². The minimum atomic E-state index is -1.41. The van der Waals surface area contributed by atoms with Crippen molar-refractivity contribution in [1.82, 2.24) is 0 Å². The first-order valence-electron chi connectivity index (χ1n) is 12.3. The fraction of sp³-hybridized carbons (Fsp3) is 0.769. The zero-order valence-electron chi connectivity index (χ0n) is 20.1. The lowest BCUT2D eigenvalue weighted by molar-refractivity contribution is -0.202. The van der Waals surface area contributed by atoms with Gasteiger partial charge in [-0.2, -0.15) is 0 Å². The number of Topliss-reactive ketones (excluding diaryl/α,β-unsaturated/α-hetero) is 1. The zero-order valence-corrected chi connectivity index (χ0v) is 20.1. The highest BCUT2D eigenvalue weighted by atomic mass is 16.6. The van der Waals surface area contributed by atoms with Crippen LogP contribution in [0.2, 0.25) is 0 Å². The Hall–Kier alpha value is -2.02. The summed E-state index contributed by atoms with van der Waals surface area (Å²) < 4.78 is 11.0. The molecule has 7 atom stereocenters. The van der Waals surface area contributed by atoms with Gasteiger partial charge >= 0.3 is 11.9 Å². The third-order valence-electron chi connectivity index (χ3n) is 9.45. The molecule has 0 aromatic rings. The van der Waals surface area contributed by atoms with Gasteiger partial charge in [0.2, 0.25) is 5.78 Å². The number of ketones is 2. The van der Waals surface area contributed by atoms with Crippen molar-refractivity contribution >= 4 is 23.5 Å². The Kier molecular flexibility index (Phi) is 6.09. The van der Waals surface area contributed by atoms with Gasteiger partial charge in [-0.15, -0.1) is 0 Å². The number of aliphatic hydroxyl groups excluding tert-OH is 1. The van der Waals surface area contributed by atoms with Crippen molar-refractivity contribution in [2.75, 3.05) is 6.61 Å². The summed E-state index contributed by atoms with van der Waals surface area (Å²) in [7, 11) is 0. The molecule has 33 heavy (non-hydrogen) atoms. The van der Waals surface area contributed by atoms with Gasteiger partial charge in [0.1, 0.15) is 0 Å². The Morgan fingerprint density at radius 1 is 1.15 bits per heavy atom. The summed E-state index contributed by atoms with van der Waals surface area (Å²) in [5, 5.41) is 11.6. The molecular formula is C26H36O7. The number of hydrogen-bond donors (Lipinski definition) is 1. The van der Waals surface area contributed by atoms with E-state index in [0.717, 1.165) is 24.8 Å². The van der Waals surface area contributed by atoms with E-state index in [1.54, 1.807) is 13.0 Å². The van der Waals surface area contributed by atoms with Gasteiger partial charge in [0.05, 0.1) is 6.10 Å². The van der Waals surface area contributed by atoms with Crippen LogP contribution in [0.3, 0.4) is 0 Å².